The number of amides is 1. The Hall–Kier alpha value is -0.910. The number of hydrogen-bond acceptors (Lipinski definition) is 3. The molecule has 1 saturated heterocycles. The summed E-state index contributed by atoms with van der Waals surface area (Å²) in [5, 5.41) is 6.12. The maximum absolute atomic E-state index is 11.8. The number of benzene rings is 1. The molecule has 1 aliphatic heterocycles. The van der Waals surface area contributed by atoms with E-state index in [0.717, 1.165) is 29.7 Å². The summed E-state index contributed by atoms with van der Waals surface area (Å²) in [7, 11) is 0. The van der Waals surface area contributed by atoms with Crippen molar-refractivity contribution in [1.29, 1.82) is 0 Å². The Labute approximate surface area is 122 Å². The predicted molar refractivity (Wildman–Crippen MR) is 79.2 cm³/mol. The lowest BCUT2D eigenvalue weighted by molar-refractivity contribution is -0.124. The Morgan fingerprint density at radius 3 is 3.05 bits per heavy atom. The number of para-hydroxylation sites is 1. The Bertz CT molecular complexity index is 439. The van der Waals surface area contributed by atoms with Crippen LogP contribution in [0.2, 0.25) is 0 Å². The van der Waals surface area contributed by atoms with Crippen LogP contribution in [0.15, 0.2) is 28.7 Å². The lowest BCUT2D eigenvalue weighted by Gasteiger charge is -2.29. The second-order valence-electron chi connectivity index (χ2n) is 4.85. The van der Waals surface area contributed by atoms with E-state index >= 15 is 0 Å². The van der Waals surface area contributed by atoms with E-state index in [1.54, 1.807) is 0 Å². The van der Waals surface area contributed by atoms with Crippen LogP contribution < -0.4 is 10.6 Å². The molecule has 2 atom stereocenters. The van der Waals surface area contributed by atoms with Crippen molar-refractivity contribution in [3.05, 3.63) is 28.7 Å². The fourth-order valence-electron chi connectivity index (χ4n) is 2.12. The highest BCUT2D eigenvalue weighted by molar-refractivity contribution is 9.10. The van der Waals surface area contributed by atoms with Gasteiger partial charge in [0, 0.05) is 11.0 Å². The fraction of sp³-hybridized carbons (Fsp3) is 0.500. The zero-order chi connectivity index (χ0) is 13.7. The highest BCUT2D eigenvalue weighted by Crippen LogP contribution is 2.21. The van der Waals surface area contributed by atoms with Crippen molar-refractivity contribution in [2.24, 2.45) is 5.92 Å². The lowest BCUT2D eigenvalue weighted by Crippen LogP contribution is -2.42. The van der Waals surface area contributed by atoms with Gasteiger partial charge in [-0.2, -0.15) is 0 Å². The molecule has 2 rings (SSSR count). The first-order valence-electron chi connectivity index (χ1n) is 6.53. The number of halogens is 1. The van der Waals surface area contributed by atoms with Gasteiger partial charge >= 0.3 is 0 Å². The molecule has 0 aliphatic carbocycles. The first kappa shape index (κ1) is 14.5. The summed E-state index contributed by atoms with van der Waals surface area (Å²) in [6.07, 6.45) is 1.22. The van der Waals surface area contributed by atoms with Crippen LogP contribution in [0.1, 0.15) is 13.3 Å². The average molecular weight is 327 g/mol. The molecular weight excluding hydrogens is 308 g/mol. The highest BCUT2D eigenvalue weighted by atomic mass is 79.9. The zero-order valence-corrected chi connectivity index (χ0v) is 12.6. The van der Waals surface area contributed by atoms with Gasteiger partial charge in [-0.15, -0.1) is 0 Å². The minimum absolute atomic E-state index is 0.0953. The molecule has 2 unspecified atom stereocenters. The molecule has 0 aromatic heterocycles. The van der Waals surface area contributed by atoms with E-state index < -0.39 is 0 Å². The Balaban J connectivity index is 1.80. The van der Waals surface area contributed by atoms with Crippen molar-refractivity contribution < 1.29 is 9.53 Å². The first-order chi connectivity index (χ1) is 9.16. The lowest BCUT2D eigenvalue weighted by atomic mass is 9.97. The molecule has 0 radical (unpaired) electrons. The quantitative estimate of drug-likeness (QED) is 0.893. The number of hydrogen-bond donors (Lipinski definition) is 2. The second-order valence-corrected chi connectivity index (χ2v) is 5.70. The van der Waals surface area contributed by atoms with Crippen LogP contribution >= 0.6 is 15.9 Å². The topological polar surface area (TPSA) is 50.4 Å². The van der Waals surface area contributed by atoms with Gasteiger partial charge in [-0.1, -0.05) is 19.1 Å². The Morgan fingerprint density at radius 1 is 1.53 bits per heavy atom. The molecule has 0 saturated carbocycles. The smallest absolute Gasteiger partial charge is 0.250 e. The van der Waals surface area contributed by atoms with Crippen molar-refractivity contribution in [1.82, 2.24) is 5.32 Å². The van der Waals surface area contributed by atoms with Crippen molar-refractivity contribution in [2.75, 3.05) is 25.0 Å². The molecule has 1 aromatic rings. The van der Waals surface area contributed by atoms with Gasteiger partial charge < -0.3 is 15.4 Å². The van der Waals surface area contributed by atoms with Gasteiger partial charge in [-0.25, -0.2) is 0 Å². The SMILES string of the molecule is CC1CCNCC1OCC(=O)Nc1ccccc1Br. The van der Waals surface area contributed by atoms with Crippen LogP contribution in [0.4, 0.5) is 5.69 Å². The van der Waals surface area contributed by atoms with Gasteiger partial charge in [0.05, 0.1) is 11.8 Å². The molecule has 19 heavy (non-hydrogen) atoms. The number of piperidine rings is 1. The summed E-state index contributed by atoms with van der Waals surface area (Å²) in [4.78, 5) is 11.8. The van der Waals surface area contributed by atoms with E-state index in [0.29, 0.717) is 5.92 Å². The molecule has 1 aromatic carbocycles. The summed E-state index contributed by atoms with van der Waals surface area (Å²) in [5.41, 5.74) is 0.769. The van der Waals surface area contributed by atoms with Crippen molar-refractivity contribution in [3.63, 3.8) is 0 Å². The largest absolute Gasteiger partial charge is 0.367 e. The van der Waals surface area contributed by atoms with Crippen LogP contribution in [-0.4, -0.2) is 31.7 Å². The third-order valence-electron chi connectivity index (χ3n) is 3.33. The van der Waals surface area contributed by atoms with E-state index in [9.17, 15) is 4.79 Å². The molecule has 4 nitrogen and oxygen atoms in total. The van der Waals surface area contributed by atoms with Crippen LogP contribution in [-0.2, 0) is 9.53 Å². The minimum atomic E-state index is -0.121. The molecular formula is C14H19BrN2O2. The normalized spacial score (nSPS) is 23.1. The molecule has 1 fully saturated rings. The summed E-state index contributed by atoms with van der Waals surface area (Å²) in [5.74, 6) is 0.377. The van der Waals surface area contributed by atoms with Gasteiger partial charge in [-0.3, -0.25) is 4.79 Å². The van der Waals surface area contributed by atoms with Gasteiger partial charge in [0.25, 0.3) is 0 Å². The Kier molecular flexibility index (Phi) is 5.36. The fourth-order valence-corrected chi connectivity index (χ4v) is 2.50. The zero-order valence-electron chi connectivity index (χ0n) is 11.0. The Morgan fingerprint density at radius 2 is 2.32 bits per heavy atom. The summed E-state index contributed by atoms with van der Waals surface area (Å²) < 4.78 is 6.55. The van der Waals surface area contributed by atoms with Crippen LogP contribution in [0, 0.1) is 5.92 Å². The van der Waals surface area contributed by atoms with E-state index in [1.165, 1.54) is 0 Å². The van der Waals surface area contributed by atoms with Gasteiger partial charge in [0.1, 0.15) is 6.61 Å². The molecule has 0 spiro atoms. The molecule has 0 bridgehead atoms. The van der Waals surface area contributed by atoms with Gasteiger partial charge in [0.2, 0.25) is 5.91 Å². The number of carbonyl (C=O) groups excluding carboxylic acids is 1. The number of carbonyl (C=O) groups is 1. The van der Waals surface area contributed by atoms with E-state index in [1.807, 2.05) is 24.3 Å². The van der Waals surface area contributed by atoms with Crippen LogP contribution in [0.25, 0.3) is 0 Å². The molecule has 1 heterocycles. The standard InChI is InChI=1S/C14H19BrN2O2/c1-10-6-7-16-8-13(10)19-9-14(18)17-12-5-3-2-4-11(12)15/h2-5,10,13,16H,6-9H2,1H3,(H,17,18). The number of nitrogens with one attached hydrogen (secondary N) is 2. The number of ether oxygens (including phenoxy) is 1. The molecule has 1 aliphatic rings. The third kappa shape index (κ3) is 4.30. The maximum atomic E-state index is 11.8. The van der Waals surface area contributed by atoms with Crippen molar-refractivity contribution in [2.45, 2.75) is 19.4 Å². The monoisotopic (exact) mass is 326 g/mol. The minimum Gasteiger partial charge on any atom is -0.367 e. The van der Waals surface area contributed by atoms with E-state index in [4.69, 9.17) is 4.74 Å². The summed E-state index contributed by atoms with van der Waals surface area (Å²) in [6.45, 7) is 4.11. The number of anilines is 1. The molecule has 2 N–H and O–H groups in total. The van der Waals surface area contributed by atoms with Crippen molar-refractivity contribution in [3.8, 4) is 0 Å². The van der Waals surface area contributed by atoms with Gasteiger partial charge in [0.15, 0.2) is 0 Å². The van der Waals surface area contributed by atoms with Crippen LogP contribution in [0.5, 0.6) is 0 Å². The third-order valence-corrected chi connectivity index (χ3v) is 4.02. The molecule has 1 amide bonds. The second kappa shape index (κ2) is 7.03. The first-order valence-corrected chi connectivity index (χ1v) is 7.33. The molecule has 5 heteroatoms. The molecule has 104 valence electrons. The van der Waals surface area contributed by atoms with Crippen LogP contribution in [0.3, 0.4) is 0 Å². The summed E-state index contributed by atoms with van der Waals surface area (Å²) >= 11 is 3.40. The average Bonchev–Trinajstić information content (AvgIpc) is 2.40. The highest BCUT2D eigenvalue weighted by Gasteiger charge is 2.22. The predicted octanol–water partition coefficient (Wildman–Crippen LogP) is 2.40. The number of rotatable bonds is 4. The van der Waals surface area contributed by atoms with E-state index in [-0.39, 0.29) is 18.6 Å². The van der Waals surface area contributed by atoms with Gasteiger partial charge in [-0.05, 0) is 46.9 Å². The van der Waals surface area contributed by atoms with E-state index in [2.05, 4.69) is 33.5 Å². The van der Waals surface area contributed by atoms with Crippen molar-refractivity contribution >= 4 is 27.5 Å². The maximum Gasteiger partial charge on any atom is 0.250 e. The summed E-state index contributed by atoms with van der Waals surface area (Å²) in [6, 6.07) is 7.54.